The van der Waals surface area contributed by atoms with Gasteiger partial charge in [-0.05, 0) is 33.0 Å². The molecule has 1 N–H and O–H groups in total. The average Bonchev–Trinajstić information content (AvgIpc) is 2.84. The van der Waals surface area contributed by atoms with Gasteiger partial charge in [0.15, 0.2) is 0 Å². The van der Waals surface area contributed by atoms with E-state index in [1.807, 2.05) is 24.3 Å². The van der Waals surface area contributed by atoms with E-state index < -0.39 is 4.92 Å². The Bertz CT molecular complexity index is 704. The first-order valence-electron chi connectivity index (χ1n) is 7.30. The monoisotopic (exact) mass is 318 g/mol. The van der Waals surface area contributed by atoms with Crippen molar-refractivity contribution >= 4 is 11.6 Å². The van der Waals surface area contributed by atoms with Gasteiger partial charge in [0.2, 0.25) is 12.1 Å². The van der Waals surface area contributed by atoms with Crippen molar-refractivity contribution in [1.29, 1.82) is 0 Å². The van der Waals surface area contributed by atoms with E-state index in [0.29, 0.717) is 5.82 Å². The summed E-state index contributed by atoms with van der Waals surface area (Å²) in [5.41, 5.74) is 0.817. The van der Waals surface area contributed by atoms with Crippen molar-refractivity contribution in [2.24, 2.45) is 12.5 Å². The number of ether oxygens (including phenoxy) is 1. The van der Waals surface area contributed by atoms with Crippen LogP contribution in [-0.4, -0.2) is 21.6 Å². The molecule has 0 amide bonds. The summed E-state index contributed by atoms with van der Waals surface area (Å²) in [6.45, 7) is 6.23. The van der Waals surface area contributed by atoms with Gasteiger partial charge in [0, 0.05) is 7.05 Å². The standard InChI is InChI=1S/C16H22N4O3/c1-16(2,3)13(11-7-6-8-12(9-11)23-5)18-15-14(20(21)22)17-10-19(15)4/h6-10,13,18H,1-5H3/t13-/m0/s1. The van der Waals surface area contributed by atoms with E-state index >= 15 is 0 Å². The van der Waals surface area contributed by atoms with Crippen LogP contribution < -0.4 is 10.1 Å². The summed E-state index contributed by atoms with van der Waals surface area (Å²) in [6.07, 6.45) is 1.44. The van der Waals surface area contributed by atoms with Crippen LogP contribution in [0.2, 0.25) is 0 Å². The Morgan fingerprint density at radius 1 is 1.39 bits per heavy atom. The van der Waals surface area contributed by atoms with E-state index in [2.05, 4.69) is 31.1 Å². The van der Waals surface area contributed by atoms with Gasteiger partial charge in [0.05, 0.1) is 13.2 Å². The summed E-state index contributed by atoms with van der Waals surface area (Å²) in [4.78, 5) is 14.5. The number of rotatable bonds is 5. The number of hydrogen-bond donors (Lipinski definition) is 1. The second kappa shape index (κ2) is 6.28. The third-order valence-corrected chi connectivity index (χ3v) is 3.66. The summed E-state index contributed by atoms with van der Waals surface area (Å²) in [6, 6.07) is 7.55. The Kier molecular flexibility index (Phi) is 4.58. The van der Waals surface area contributed by atoms with Crippen LogP contribution >= 0.6 is 0 Å². The third kappa shape index (κ3) is 3.61. The Balaban J connectivity index is 2.45. The van der Waals surface area contributed by atoms with Crippen LogP contribution in [0.25, 0.3) is 0 Å². The SMILES string of the molecule is COc1cccc([C@H](Nc2c([N+](=O)[O-])ncn2C)C(C)(C)C)c1. The number of nitro groups is 1. The number of methoxy groups -OCH3 is 1. The molecule has 0 aliphatic carbocycles. The highest BCUT2D eigenvalue weighted by atomic mass is 16.6. The Morgan fingerprint density at radius 3 is 2.65 bits per heavy atom. The molecule has 0 saturated carbocycles. The molecule has 0 bridgehead atoms. The Hall–Kier alpha value is -2.57. The molecule has 7 nitrogen and oxygen atoms in total. The first kappa shape index (κ1) is 16.8. The lowest BCUT2D eigenvalue weighted by Gasteiger charge is -2.32. The van der Waals surface area contributed by atoms with Crippen molar-refractivity contribution in [2.45, 2.75) is 26.8 Å². The van der Waals surface area contributed by atoms with E-state index in [1.54, 1.807) is 18.7 Å². The van der Waals surface area contributed by atoms with Crippen LogP contribution in [0.5, 0.6) is 5.75 Å². The third-order valence-electron chi connectivity index (χ3n) is 3.66. The molecule has 2 rings (SSSR count). The van der Waals surface area contributed by atoms with Gasteiger partial charge in [0.1, 0.15) is 5.75 Å². The van der Waals surface area contributed by atoms with Gasteiger partial charge in [-0.1, -0.05) is 32.9 Å². The largest absolute Gasteiger partial charge is 0.497 e. The number of aryl methyl sites for hydroxylation is 1. The number of benzene rings is 1. The fourth-order valence-electron chi connectivity index (χ4n) is 2.48. The van der Waals surface area contributed by atoms with Gasteiger partial charge < -0.3 is 20.2 Å². The molecule has 0 saturated heterocycles. The number of hydrogen-bond acceptors (Lipinski definition) is 5. The highest BCUT2D eigenvalue weighted by Crippen LogP contribution is 2.38. The summed E-state index contributed by atoms with van der Waals surface area (Å²) < 4.78 is 6.91. The lowest BCUT2D eigenvalue weighted by atomic mass is 9.82. The van der Waals surface area contributed by atoms with E-state index in [-0.39, 0.29) is 17.3 Å². The predicted molar refractivity (Wildman–Crippen MR) is 88.7 cm³/mol. The average molecular weight is 318 g/mol. The minimum absolute atomic E-state index is 0.147. The van der Waals surface area contributed by atoms with Crippen molar-refractivity contribution < 1.29 is 9.66 Å². The zero-order chi connectivity index (χ0) is 17.2. The van der Waals surface area contributed by atoms with Crippen molar-refractivity contribution in [3.63, 3.8) is 0 Å². The fourth-order valence-corrected chi connectivity index (χ4v) is 2.48. The molecule has 0 aliphatic rings. The Labute approximate surface area is 135 Å². The fraction of sp³-hybridized carbons (Fsp3) is 0.438. The maximum atomic E-state index is 11.2. The number of anilines is 1. The highest BCUT2D eigenvalue weighted by molar-refractivity contribution is 5.54. The number of imidazole rings is 1. The zero-order valence-electron chi connectivity index (χ0n) is 14.0. The van der Waals surface area contributed by atoms with Crippen molar-refractivity contribution in [1.82, 2.24) is 9.55 Å². The van der Waals surface area contributed by atoms with Gasteiger partial charge in [-0.2, -0.15) is 0 Å². The van der Waals surface area contributed by atoms with E-state index in [9.17, 15) is 10.1 Å². The van der Waals surface area contributed by atoms with Crippen LogP contribution in [0.1, 0.15) is 32.4 Å². The molecule has 0 radical (unpaired) electrons. The molecule has 0 fully saturated rings. The first-order valence-corrected chi connectivity index (χ1v) is 7.30. The minimum Gasteiger partial charge on any atom is -0.497 e. The molecule has 1 aromatic carbocycles. The van der Waals surface area contributed by atoms with Gasteiger partial charge in [-0.25, -0.2) is 0 Å². The molecule has 1 aromatic heterocycles. The second-order valence-electron chi connectivity index (χ2n) is 6.50. The number of aromatic nitrogens is 2. The molecule has 0 aliphatic heterocycles. The van der Waals surface area contributed by atoms with Gasteiger partial charge in [0.25, 0.3) is 0 Å². The van der Waals surface area contributed by atoms with E-state index in [1.165, 1.54) is 6.33 Å². The highest BCUT2D eigenvalue weighted by Gasteiger charge is 2.31. The van der Waals surface area contributed by atoms with Crippen LogP contribution in [0.4, 0.5) is 11.6 Å². The predicted octanol–water partition coefficient (Wildman–Crippen LogP) is 3.54. The zero-order valence-corrected chi connectivity index (χ0v) is 14.0. The molecule has 0 spiro atoms. The molecule has 124 valence electrons. The van der Waals surface area contributed by atoms with Crippen molar-refractivity contribution in [2.75, 3.05) is 12.4 Å². The normalized spacial score (nSPS) is 12.7. The van der Waals surface area contributed by atoms with Crippen LogP contribution in [-0.2, 0) is 7.05 Å². The molecular weight excluding hydrogens is 296 g/mol. The van der Waals surface area contributed by atoms with Gasteiger partial charge >= 0.3 is 5.82 Å². The first-order chi connectivity index (χ1) is 10.7. The molecule has 1 atom stereocenters. The van der Waals surface area contributed by atoms with Crippen molar-refractivity contribution in [3.05, 3.63) is 46.3 Å². The Morgan fingerprint density at radius 2 is 2.09 bits per heavy atom. The van der Waals surface area contributed by atoms with E-state index in [0.717, 1.165) is 11.3 Å². The van der Waals surface area contributed by atoms with Gasteiger partial charge in [-0.15, -0.1) is 0 Å². The lowest BCUT2D eigenvalue weighted by molar-refractivity contribution is -0.388. The second-order valence-corrected chi connectivity index (χ2v) is 6.50. The van der Waals surface area contributed by atoms with Crippen LogP contribution in [0, 0.1) is 15.5 Å². The molecule has 0 unspecified atom stereocenters. The topological polar surface area (TPSA) is 82.2 Å². The molecule has 7 heteroatoms. The number of nitrogens with one attached hydrogen (secondary N) is 1. The maximum absolute atomic E-state index is 11.2. The lowest BCUT2D eigenvalue weighted by Crippen LogP contribution is -2.27. The molecular formula is C16H22N4O3. The van der Waals surface area contributed by atoms with Crippen molar-refractivity contribution in [3.8, 4) is 5.75 Å². The molecule has 1 heterocycles. The van der Waals surface area contributed by atoms with E-state index in [4.69, 9.17) is 4.74 Å². The quantitative estimate of drug-likeness (QED) is 0.673. The molecule has 2 aromatic rings. The smallest absolute Gasteiger partial charge is 0.406 e. The van der Waals surface area contributed by atoms with Crippen LogP contribution in [0.3, 0.4) is 0 Å². The van der Waals surface area contributed by atoms with Gasteiger partial charge in [-0.3, -0.25) is 4.57 Å². The number of nitrogens with zero attached hydrogens (tertiary/aromatic N) is 3. The van der Waals surface area contributed by atoms with Crippen LogP contribution in [0.15, 0.2) is 30.6 Å². The summed E-state index contributed by atoms with van der Waals surface area (Å²) in [5, 5.41) is 14.5. The maximum Gasteiger partial charge on any atom is 0.406 e. The minimum atomic E-state index is -0.479. The summed E-state index contributed by atoms with van der Waals surface area (Å²) in [7, 11) is 3.35. The summed E-state index contributed by atoms with van der Waals surface area (Å²) >= 11 is 0. The molecule has 23 heavy (non-hydrogen) atoms. The summed E-state index contributed by atoms with van der Waals surface area (Å²) in [5.74, 6) is 0.959.